The van der Waals surface area contributed by atoms with Crippen molar-refractivity contribution < 1.29 is 0 Å². The van der Waals surface area contributed by atoms with E-state index in [0.717, 1.165) is 32.5 Å². The molecule has 0 unspecified atom stereocenters. The Kier molecular flexibility index (Phi) is 3.58. The van der Waals surface area contributed by atoms with Crippen LogP contribution in [0, 0.1) is 18.3 Å². The third-order valence-electron chi connectivity index (χ3n) is 3.31. The first kappa shape index (κ1) is 11.2. The summed E-state index contributed by atoms with van der Waals surface area (Å²) >= 11 is 0. The quantitative estimate of drug-likeness (QED) is 0.776. The van der Waals surface area contributed by atoms with Gasteiger partial charge in [0, 0.05) is 37.9 Å². The summed E-state index contributed by atoms with van der Waals surface area (Å²) in [4.78, 5) is 2.37. The Labute approximate surface area is 96.5 Å². The first-order chi connectivity index (χ1) is 7.81. The monoisotopic (exact) mass is 218 g/mol. The highest BCUT2D eigenvalue weighted by molar-refractivity contribution is 4.99. The van der Waals surface area contributed by atoms with Crippen molar-refractivity contribution in [2.75, 3.05) is 19.6 Å². The number of piperidine rings is 1. The van der Waals surface area contributed by atoms with Crippen molar-refractivity contribution >= 4 is 0 Å². The van der Waals surface area contributed by atoms with Crippen LogP contribution >= 0.6 is 0 Å². The summed E-state index contributed by atoms with van der Waals surface area (Å²) in [6.07, 6.45) is 4.81. The first-order valence-corrected chi connectivity index (χ1v) is 5.90. The predicted molar refractivity (Wildman–Crippen MR) is 61.9 cm³/mol. The Morgan fingerprint density at radius 2 is 2.25 bits per heavy atom. The number of nitrogens with zero attached hydrogens (tertiary/aromatic N) is 4. The summed E-state index contributed by atoms with van der Waals surface area (Å²) < 4.78 is 2.14. The van der Waals surface area contributed by atoms with Crippen LogP contribution < -0.4 is 0 Å². The molecule has 1 fully saturated rings. The smallest absolute Gasteiger partial charge is 0.0635 e. The third-order valence-corrected chi connectivity index (χ3v) is 3.31. The molecule has 1 aliphatic rings. The van der Waals surface area contributed by atoms with Gasteiger partial charge in [-0.2, -0.15) is 10.4 Å². The Hall–Kier alpha value is -1.34. The van der Waals surface area contributed by atoms with Gasteiger partial charge in [-0.05, 0) is 25.8 Å². The van der Waals surface area contributed by atoms with Gasteiger partial charge < -0.3 is 4.90 Å². The van der Waals surface area contributed by atoms with Gasteiger partial charge in [-0.25, -0.2) is 0 Å². The highest BCUT2D eigenvalue weighted by atomic mass is 15.3. The van der Waals surface area contributed by atoms with Crippen LogP contribution in [0.25, 0.3) is 0 Å². The molecular formula is C12H18N4. The van der Waals surface area contributed by atoms with Gasteiger partial charge in [-0.1, -0.05) is 0 Å². The van der Waals surface area contributed by atoms with Crippen LogP contribution in [0.5, 0.6) is 0 Å². The number of likely N-dealkylation sites (tertiary alicyclic amines) is 1. The molecule has 0 atom stereocenters. The summed E-state index contributed by atoms with van der Waals surface area (Å²) in [7, 11) is 0. The van der Waals surface area contributed by atoms with Gasteiger partial charge in [0.1, 0.15) is 0 Å². The molecule has 1 aromatic rings. The van der Waals surface area contributed by atoms with Gasteiger partial charge in [-0.15, -0.1) is 0 Å². The molecule has 16 heavy (non-hydrogen) atoms. The second kappa shape index (κ2) is 5.13. The third kappa shape index (κ3) is 2.42. The van der Waals surface area contributed by atoms with Crippen LogP contribution in [0.4, 0.5) is 0 Å². The van der Waals surface area contributed by atoms with Crippen molar-refractivity contribution in [2.24, 2.45) is 0 Å². The molecule has 0 bridgehead atoms. The van der Waals surface area contributed by atoms with E-state index in [9.17, 15) is 0 Å². The first-order valence-electron chi connectivity index (χ1n) is 5.90. The van der Waals surface area contributed by atoms with E-state index in [1.165, 1.54) is 5.69 Å². The van der Waals surface area contributed by atoms with Crippen molar-refractivity contribution in [3.63, 3.8) is 0 Å². The zero-order valence-electron chi connectivity index (χ0n) is 9.76. The fourth-order valence-corrected chi connectivity index (χ4v) is 2.36. The predicted octanol–water partition coefficient (Wildman–Crippen LogP) is 1.74. The van der Waals surface area contributed by atoms with E-state index in [2.05, 4.69) is 33.7 Å². The highest BCUT2D eigenvalue weighted by Gasteiger charge is 2.21. The fraction of sp³-hybridized carbons (Fsp3) is 0.667. The summed E-state index contributed by atoms with van der Waals surface area (Å²) in [5.74, 6) is 0. The van der Waals surface area contributed by atoms with E-state index in [0.29, 0.717) is 12.5 Å². The van der Waals surface area contributed by atoms with Gasteiger partial charge in [-0.3, -0.25) is 4.68 Å². The number of rotatable bonds is 3. The summed E-state index contributed by atoms with van der Waals surface area (Å²) in [5, 5.41) is 12.9. The minimum Gasteiger partial charge on any atom is -0.302 e. The number of aromatic nitrogens is 2. The van der Waals surface area contributed by atoms with E-state index < -0.39 is 0 Å². The lowest BCUT2D eigenvalue weighted by molar-refractivity contribution is 0.182. The summed E-state index contributed by atoms with van der Waals surface area (Å²) in [5.41, 5.74) is 1.25. The molecule has 0 radical (unpaired) electrons. The molecule has 0 N–H and O–H groups in total. The molecule has 0 aromatic carbocycles. The molecular weight excluding hydrogens is 200 g/mol. The van der Waals surface area contributed by atoms with Crippen LogP contribution in [-0.4, -0.2) is 34.3 Å². The minimum atomic E-state index is 0.549. The van der Waals surface area contributed by atoms with Crippen molar-refractivity contribution in [1.29, 1.82) is 5.26 Å². The van der Waals surface area contributed by atoms with E-state index in [4.69, 9.17) is 5.26 Å². The second-order valence-electron chi connectivity index (χ2n) is 4.40. The second-order valence-corrected chi connectivity index (χ2v) is 4.40. The lowest BCUT2D eigenvalue weighted by Gasteiger charge is -2.32. The lowest BCUT2D eigenvalue weighted by atomic mass is 10.0. The van der Waals surface area contributed by atoms with Gasteiger partial charge in [0.15, 0.2) is 0 Å². The van der Waals surface area contributed by atoms with Gasteiger partial charge in [0.2, 0.25) is 0 Å². The molecule has 4 nitrogen and oxygen atoms in total. The van der Waals surface area contributed by atoms with Crippen LogP contribution in [0.1, 0.15) is 31.0 Å². The minimum absolute atomic E-state index is 0.549. The fourth-order valence-electron chi connectivity index (χ4n) is 2.36. The average Bonchev–Trinajstić information content (AvgIpc) is 2.74. The molecule has 1 saturated heterocycles. The lowest BCUT2D eigenvalue weighted by Crippen LogP contribution is -2.35. The van der Waals surface area contributed by atoms with Gasteiger partial charge in [0.05, 0.1) is 12.1 Å². The number of nitriles is 1. The summed E-state index contributed by atoms with van der Waals surface area (Å²) in [6, 6.07) is 4.81. The zero-order chi connectivity index (χ0) is 11.4. The maximum atomic E-state index is 8.54. The Balaban J connectivity index is 1.86. The normalized spacial score (nSPS) is 18.5. The molecule has 0 spiro atoms. The largest absolute Gasteiger partial charge is 0.302 e. The Bertz CT molecular complexity index is 369. The Morgan fingerprint density at radius 3 is 2.81 bits per heavy atom. The Morgan fingerprint density at radius 1 is 1.50 bits per heavy atom. The maximum Gasteiger partial charge on any atom is 0.0635 e. The molecule has 4 heteroatoms. The molecule has 1 aliphatic heterocycles. The van der Waals surface area contributed by atoms with Gasteiger partial charge >= 0.3 is 0 Å². The van der Waals surface area contributed by atoms with Crippen LogP contribution in [0.2, 0.25) is 0 Å². The van der Waals surface area contributed by atoms with E-state index in [1.807, 2.05) is 6.20 Å². The number of aryl methyl sites for hydroxylation is 1. The number of hydrogen-bond acceptors (Lipinski definition) is 3. The molecule has 0 aliphatic carbocycles. The molecule has 2 rings (SSSR count). The van der Waals surface area contributed by atoms with E-state index >= 15 is 0 Å². The summed E-state index contributed by atoms with van der Waals surface area (Å²) in [6.45, 7) is 5.20. The van der Waals surface area contributed by atoms with E-state index in [1.54, 1.807) is 0 Å². The van der Waals surface area contributed by atoms with E-state index in [-0.39, 0.29) is 0 Å². The SMILES string of the molecule is Cc1ccnn1C1CCN(CCC#N)CC1. The van der Waals surface area contributed by atoms with Crippen molar-refractivity contribution in [3.8, 4) is 6.07 Å². The van der Waals surface area contributed by atoms with Gasteiger partial charge in [0.25, 0.3) is 0 Å². The highest BCUT2D eigenvalue weighted by Crippen LogP contribution is 2.22. The topological polar surface area (TPSA) is 44.9 Å². The standard InChI is InChI=1S/C12H18N4/c1-11-3-7-14-16(11)12-4-9-15(10-5-12)8-2-6-13/h3,7,12H,2,4-5,8-10H2,1H3. The molecule has 1 aromatic heterocycles. The van der Waals surface area contributed by atoms with Crippen LogP contribution in [0.15, 0.2) is 12.3 Å². The molecule has 0 amide bonds. The average molecular weight is 218 g/mol. The molecule has 2 heterocycles. The number of hydrogen-bond donors (Lipinski definition) is 0. The van der Waals surface area contributed by atoms with Crippen molar-refractivity contribution in [1.82, 2.24) is 14.7 Å². The zero-order valence-corrected chi connectivity index (χ0v) is 9.76. The molecule has 86 valence electrons. The molecule has 0 saturated carbocycles. The maximum absolute atomic E-state index is 8.54. The van der Waals surface area contributed by atoms with Crippen LogP contribution in [0.3, 0.4) is 0 Å². The van der Waals surface area contributed by atoms with Crippen molar-refractivity contribution in [2.45, 2.75) is 32.2 Å². The van der Waals surface area contributed by atoms with Crippen molar-refractivity contribution in [3.05, 3.63) is 18.0 Å². The van der Waals surface area contributed by atoms with Crippen LogP contribution in [-0.2, 0) is 0 Å².